The van der Waals surface area contributed by atoms with Crippen molar-refractivity contribution in [1.82, 2.24) is 34.9 Å². The van der Waals surface area contributed by atoms with Crippen LogP contribution in [0.1, 0.15) is 57.7 Å². The van der Waals surface area contributed by atoms with Gasteiger partial charge in [-0.2, -0.15) is 0 Å². The third kappa shape index (κ3) is 8.18. The van der Waals surface area contributed by atoms with E-state index in [-0.39, 0.29) is 25.0 Å². The van der Waals surface area contributed by atoms with Crippen molar-refractivity contribution in [2.45, 2.75) is 77.2 Å². The molecule has 2 N–H and O–H groups in total. The van der Waals surface area contributed by atoms with Crippen molar-refractivity contribution >= 4 is 40.8 Å². The van der Waals surface area contributed by atoms with Gasteiger partial charge in [0.25, 0.3) is 0 Å². The first-order valence-corrected chi connectivity index (χ1v) is 20.2. The predicted molar refractivity (Wildman–Crippen MR) is 221 cm³/mol. The van der Waals surface area contributed by atoms with Gasteiger partial charge in [0.2, 0.25) is 11.8 Å². The van der Waals surface area contributed by atoms with Gasteiger partial charge in [-0.1, -0.05) is 41.4 Å². The van der Waals surface area contributed by atoms with Crippen molar-refractivity contribution in [3.8, 4) is 45.3 Å². The molecule has 1 atom stereocenters. The summed E-state index contributed by atoms with van der Waals surface area (Å²) in [7, 11) is 3.16. The number of rotatable bonds is 12. The molecule has 2 amide bonds. The van der Waals surface area contributed by atoms with Gasteiger partial charge in [-0.3, -0.25) is 9.78 Å². The lowest BCUT2D eigenvalue weighted by Gasteiger charge is -2.53. The molecule has 1 spiro atoms. The van der Waals surface area contributed by atoms with Gasteiger partial charge in [0.15, 0.2) is 11.4 Å². The molecule has 5 aromatic rings. The molecule has 0 bridgehead atoms. The topological polar surface area (TPSA) is 141 Å². The molecule has 8 rings (SSSR count). The summed E-state index contributed by atoms with van der Waals surface area (Å²) in [6, 6.07) is 13.4. The molecule has 4 aromatic heterocycles. The number of halogens is 2. The highest BCUT2D eigenvalue weighted by atomic mass is 35.5. The molecular weight excluding hydrogens is 781 g/mol. The summed E-state index contributed by atoms with van der Waals surface area (Å²) in [5.74, 6) is 0.899. The van der Waals surface area contributed by atoms with Crippen LogP contribution in [0.4, 0.5) is 4.79 Å². The third-order valence-corrected chi connectivity index (χ3v) is 11.7. The summed E-state index contributed by atoms with van der Waals surface area (Å²) in [4.78, 5) is 41.2. The number of pyridine rings is 3. The van der Waals surface area contributed by atoms with Gasteiger partial charge >= 0.3 is 6.09 Å². The van der Waals surface area contributed by atoms with E-state index in [4.69, 9.17) is 52.1 Å². The zero-order valence-corrected chi connectivity index (χ0v) is 34.7. The number of carbonyl (C=O) groups excluding carboxylic acids is 2. The maximum Gasteiger partial charge on any atom is 0.410 e. The fraction of sp³-hybridized carbons (Fsp3) is 0.419. The van der Waals surface area contributed by atoms with Crippen LogP contribution in [-0.4, -0.2) is 87.9 Å². The molecule has 0 radical (unpaired) electrons. The molecule has 304 valence electrons. The van der Waals surface area contributed by atoms with Crippen LogP contribution in [0, 0.1) is 5.41 Å². The Morgan fingerprint density at radius 1 is 1.03 bits per heavy atom. The minimum Gasteiger partial charge on any atom is -0.493 e. The van der Waals surface area contributed by atoms with Crippen LogP contribution >= 0.6 is 23.2 Å². The molecule has 3 fully saturated rings. The summed E-state index contributed by atoms with van der Waals surface area (Å²) < 4.78 is 24.6. The molecule has 0 unspecified atom stereocenters. The van der Waals surface area contributed by atoms with Crippen molar-refractivity contribution in [2.75, 3.05) is 34.0 Å². The second-order valence-electron chi connectivity index (χ2n) is 16.5. The Morgan fingerprint density at radius 2 is 1.81 bits per heavy atom. The van der Waals surface area contributed by atoms with Gasteiger partial charge in [0.1, 0.15) is 5.60 Å². The van der Waals surface area contributed by atoms with Gasteiger partial charge in [-0.05, 0) is 64.3 Å². The van der Waals surface area contributed by atoms with E-state index in [2.05, 4.69) is 15.6 Å². The summed E-state index contributed by atoms with van der Waals surface area (Å²) in [6.45, 7) is 8.29. The molecule has 1 aliphatic carbocycles. The molecular formula is C43H47Cl2N7O6. The van der Waals surface area contributed by atoms with E-state index >= 15 is 0 Å². The highest BCUT2D eigenvalue weighted by molar-refractivity contribution is 6.39. The highest BCUT2D eigenvalue weighted by Crippen LogP contribution is 2.47. The molecule has 1 saturated carbocycles. The SMILES string of the molecule is COc1nc(-c2cccc(-c3ccnc(-c4cc(OC)c5nc(CNC6CC7(COC7)C6)cn5c4)c3Cl)c2Cl)ccc1CN(C[C@@H]1CCC(=O)N1)C(=O)OC(C)(C)C. The summed E-state index contributed by atoms with van der Waals surface area (Å²) >= 11 is 14.4. The van der Waals surface area contributed by atoms with Crippen LogP contribution in [0.3, 0.4) is 0 Å². The number of ether oxygens (including phenoxy) is 4. The van der Waals surface area contributed by atoms with Crippen LogP contribution in [0.15, 0.2) is 61.1 Å². The Hall–Kier alpha value is -4.95. The van der Waals surface area contributed by atoms with E-state index in [9.17, 15) is 9.59 Å². The maximum absolute atomic E-state index is 13.3. The van der Waals surface area contributed by atoms with Gasteiger partial charge < -0.3 is 38.9 Å². The first-order chi connectivity index (χ1) is 27.8. The van der Waals surface area contributed by atoms with Crippen molar-refractivity contribution in [3.63, 3.8) is 0 Å². The number of benzene rings is 1. The first kappa shape index (κ1) is 39.9. The highest BCUT2D eigenvalue weighted by Gasteiger charge is 2.49. The number of carbonyl (C=O) groups is 2. The second kappa shape index (κ2) is 16.0. The van der Waals surface area contributed by atoms with E-state index in [0.717, 1.165) is 37.3 Å². The Labute approximate surface area is 347 Å². The minimum atomic E-state index is -0.700. The van der Waals surface area contributed by atoms with Crippen LogP contribution in [-0.2, 0) is 27.4 Å². The van der Waals surface area contributed by atoms with Crippen LogP contribution in [0.25, 0.3) is 39.3 Å². The van der Waals surface area contributed by atoms with Gasteiger partial charge in [0.05, 0.1) is 61.1 Å². The minimum absolute atomic E-state index is 0.0309. The molecule has 2 saturated heterocycles. The number of fused-ring (bicyclic) bond motifs is 1. The normalized spacial score (nSPS) is 17.5. The summed E-state index contributed by atoms with van der Waals surface area (Å²) in [5, 5.41) is 7.44. The lowest BCUT2D eigenvalue weighted by atomic mass is 9.64. The van der Waals surface area contributed by atoms with E-state index in [1.54, 1.807) is 18.2 Å². The lowest BCUT2D eigenvalue weighted by Crippen LogP contribution is -2.58. The van der Waals surface area contributed by atoms with E-state index < -0.39 is 11.7 Å². The number of imidazole rings is 1. The standard InChI is InChI=1S/C43H47Cl2N7O6/c1-42(2,3)58-41(54)52(21-27-10-12-35(53)48-27)19-25-9-11-33(50-40(25)56-5)32-8-6-7-30(36(32)44)31-13-14-46-38(37(31)45)26-15-34(55-4)39-49-29(22-51(39)20-26)18-47-28-16-43(17-28)23-57-24-43/h6-9,11,13-15,20,22,27-28,47H,10,12,16-19,21,23-24H2,1-5H3,(H,48,53)/t27-/m0/s1. The lowest BCUT2D eigenvalue weighted by molar-refractivity contribution is -0.167. The Morgan fingerprint density at radius 3 is 2.50 bits per heavy atom. The molecule has 58 heavy (non-hydrogen) atoms. The molecule has 6 heterocycles. The molecule has 13 nitrogen and oxygen atoms in total. The van der Waals surface area contributed by atoms with Crippen molar-refractivity contribution < 1.29 is 28.5 Å². The Kier molecular flexibility index (Phi) is 11.0. The number of methoxy groups -OCH3 is 2. The summed E-state index contributed by atoms with van der Waals surface area (Å²) in [5.41, 5.74) is 5.92. The van der Waals surface area contributed by atoms with Crippen molar-refractivity contribution in [1.29, 1.82) is 0 Å². The smallest absolute Gasteiger partial charge is 0.410 e. The predicted octanol–water partition coefficient (Wildman–Crippen LogP) is 7.73. The third-order valence-electron chi connectivity index (χ3n) is 10.9. The van der Waals surface area contributed by atoms with Gasteiger partial charge in [-0.25, -0.2) is 14.8 Å². The monoisotopic (exact) mass is 827 g/mol. The van der Waals surface area contributed by atoms with Crippen molar-refractivity contribution in [3.05, 3.63) is 82.4 Å². The molecule has 3 aliphatic rings. The average Bonchev–Trinajstić information content (AvgIpc) is 3.77. The second-order valence-corrected chi connectivity index (χ2v) is 17.2. The van der Waals surface area contributed by atoms with E-state index in [1.165, 1.54) is 7.11 Å². The average molecular weight is 829 g/mol. The van der Waals surface area contributed by atoms with E-state index in [0.29, 0.717) is 91.8 Å². The fourth-order valence-electron chi connectivity index (χ4n) is 8.01. The number of nitrogens with zero attached hydrogens (tertiary/aromatic N) is 5. The molecule has 1 aromatic carbocycles. The van der Waals surface area contributed by atoms with Crippen LogP contribution < -0.4 is 20.1 Å². The Balaban J connectivity index is 1.05. The molecule has 15 heteroatoms. The van der Waals surface area contributed by atoms with Crippen LogP contribution in [0.5, 0.6) is 11.6 Å². The van der Waals surface area contributed by atoms with E-state index in [1.807, 2.05) is 80.0 Å². The first-order valence-electron chi connectivity index (χ1n) is 19.4. The Bertz CT molecular complexity index is 2370. The zero-order valence-electron chi connectivity index (χ0n) is 33.2. The zero-order chi connectivity index (χ0) is 40.8. The van der Waals surface area contributed by atoms with Crippen molar-refractivity contribution in [2.24, 2.45) is 5.41 Å². The molecule has 2 aliphatic heterocycles. The number of aromatic nitrogens is 4. The van der Waals surface area contributed by atoms with Gasteiger partial charge in [-0.15, -0.1) is 0 Å². The number of amides is 2. The fourth-order valence-corrected chi connectivity index (χ4v) is 8.66. The number of hydrogen-bond donors (Lipinski definition) is 2. The summed E-state index contributed by atoms with van der Waals surface area (Å²) in [6.07, 6.45) is 8.51. The van der Waals surface area contributed by atoms with Crippen LogP contribution in [0.2, 0.25) is 10.0 Å². The maximum atomic E-state index is 13.3. The largest absolute Gasteiger partial charge is 0.493 e. The number of nitrogens with one attached hydrogen (secondary N) is 2. The quantitative estimate of drug-likeness (QED) is 0.128. The van der Waals surface area contributed by atoms with Gasteiger partial charge in [0, 0.05) is 83.4 Å². The number of hydrogen-bond acceptors (Lipinski definition) is 10.